The molecule has 1 aromatic carbocycles. The van der Waals surface area contributed by atoms with Gasteiger partial charge < -0.3 is 10.6 Å². The first-order chi connectivity index (χ1) is 9.33. The van der Waals surface area contributed by atoms with Crippen LogP contribution in [0.5, 0.6) is 0 Å². The van der Waals surface area contributed by atoms with E-state index in [9.17, 15) is 0 Å². The number of anilines is 3. The Labute approximate surface area is 112 Å². The molecule has 2 aromatic rings. The first-order valence-corrected chi connectivity index (χ1v) is 6.65. The molecule has 0 atom stereocenters. The van der Waals surface area contributed by atoms with Gasteiger partial charge in [0.15, 0.2) is 5.82 Å². The van der Waals surface area contributed by atoms with Crippen molar-refractivity contribution in [2.24, 2.45) is 0 Å². The minimum Gasteiger partial charge on any atom is -0.366 e. The first-order valence-electron chi connectivity index (χ1n) is 6.65. The molecular formula is C14H17N5. The van der Waals surface area contributed by atoms with E-state index in [1.165, 1.54) is 18.4 Å². The third-order valence-electron chi connectivity index (χ3n) is 3.11. The molecule has 98 valence electrons. The van der Waals surface area contributed by atoms with Gasteiger partial charge in [0.1, 0.15) is 0 Å². The monoisotopic (exact) mass is 255 g/mol. The lowest BCUT2D eigenvalue weighted by Gasteiger charge is -2.07. The molecule has 0 spiro atoms. The molecular weight excluding hydrogens is 238 g/mol. The smallest absolute Gasteiger partial charge is 0.249 e. The molecule has 5 nitrogen and oxygen atoms in total. The summed E-state index contributed by atoms with van der Waals surface area (Å²) in [4.78, 5) is 4.39. The maximum absolute atomic E-state index is 4.39. The van der Waals surface area contributed by atoms with Crippen molar-refractivity contribution in [1.82, 2.24) is 15.2 Å². The standard InChI is InChI=1S/C14H17N5/c1-2-10-3-5-12(6-4-10)17-14-18-13(9-15-19-14)16-11-7-8-11/h3-6,9,11H,2,7-8H2,1H3,(H2,16,17,18,19). The van der Waals surface area contributed by atoms with E-state index in [1.807, 2.05) is 12.1 Å². The van der Waals surface area contributed by atoms with E-state index >= 15 is 0 Å². The van der Waals surface area contributed by atoms with Crippen molar-refractivity contribution < 1.29 is 0 Å². The molecule has 1 heterocycles. The molecule has 1 fully saturated rings. The van der Waals surface area contributed by atoms with Gasteiger partial charge in [-0.15, -0.1) is 5.10 Å². The van der Waals surface area contributed by atoms with Crippen LogP contribution in [0.1, 0.15) is 25.3 Å². The summed E-state index contributed by atoms with van der Waals surface area (Å²) in [5, 5.41) is 14.4. The Balaban J connectivity index is 1.70. The molecule has 0 amide bonds. The minimum absolute atomic E-state index is 0.523. The number of aryl methyl sites for hydroxylation is 1. The van der Waals surface area contributed by atoms with Gasteiger partial charge in [0, 0.05) is 11.7 Å². The largest absolute Gasteiger partial charge is 0.366 e. The van der Waals surface area contributed by atoms with Crippen LogP contribution < -0.4 is 10.6 Å². The number of hydrogen-bond donors (Lipinski definition) is 2. The molecule has 0 unspecified atom stereocenters. The zero-order valence-corrected chi connectivity index (χ0v) is 10.9. The van der Waals surface area contributed by atoms with Crippen LogP contribution in [0, 0.1) is 0 Å². The van der Waals surface area contributed by atoms with Crippen molar-refractivity contribution in [2.45, 2.75) is 32.2 Å². The average molecular weight is 255 g/mol. The lowest BCUT2D eigenvalue weighted by Crippen LogP contribution is -2.06. The second kappa shape index (κ2) is 5.22. The number of aromatic nitrogens is 3. The highest BCUT2D eigenvalue weighted by Crippen LogP contribution is 2.23. The lowest BCUT2D eigenvalue weighted by molar-refractivity contribution is 0.965. The van der Waals surface area contributed by atoms with E-state index in [-0.39, 0.29) is 0 Å². The maximum Gasteiger partial charge on any atom is 0.249 e. The van der Waals surface area contributed by atoms with Crippen LogP contribution in [-0.4, -0.2) is 21.2 Å². The van der Waals surface area contributed by atoms with Gasteiger partial charge in [-0.3, -0.25) is 0 Å². The third-order valence-corrected chi connectivity index (χ3v) is 3.11. The van der Waals surface area contributed by atoms with Crippen LogP contribution in [0.3, 0.4) is 0 Å². The van der Waals surface area contributed by atoms with Crippen molar-refractivity contribution >= 4 is 17.5 Å². The van der Waals surface area contributed by atoms with Crippen LogP contribution in [0.2, 0.25) is 0 Å². The summed E-state index contributed by atoms with van der Waals surface area (Å²) in [7, 11) is 0. The fourth-order valence-electron chi connectivity index (χ4n) is 1.82. The molecule has 1 saturated carbocycles. The van der Waals surface area contributed by atoms with Crippen LogP contribution in [0.4, 0.5) is 17.5 Å². The van der Waals surface area contributed by atoms with E-state index in [2.05, 4.69) is 44.9 Å². The molecule has 0 saturated heterocycles. The van der Waals surface area contributed by atoms with Crippen LogP contribution in [0.25, 0.3) is 0 Å². The maximum atomic E-state index is 4.39. The second-order valence-corrected chi connectivity index (χ2v) is 4.76. The van der Waals surface area contributed by atoms with Gasteiger partial charge in [0.05, 0.1) is 6.20 Å². The predicted octanol–water partition coefficient (Wildman–Crippen LogP) is 2.75. The van der Waals surface area contributed by atoms with E-state index < -0.39 is 0 Å². The summed E-state index contributed by atoms with van der Waals surface area (Å²) in [5.41, 5.74) is 2.29. The van der Waals surface area contributed by atoms with Crippen molar-refractivity contribution in [3.8, 4) is 0 Å². The van der Waals surface area contributed by atoms with Gasteiger partial charge in [-0.2, -0.15) is 10.1 Å². The predicted molar refractivity (Wildman–Crippen MR) is 75.6 cm³/mol. The Hall–Kier alpha value is -2.17. The van der Waals surface area contributed by atoms with E-state index in [0.29, 0.717) is 12.0 Å². The summed E-state index contributed by atoms with van der Waals surface area (Å²) in [5.74, 6) is 1.31. The molecule has 1 aliphatic rings. The van der Waals surface area contributed by atoms with Crippen LogP contribution in [-0.2, 0) is 6.42 Å². The number of nitrogens with one attached hydrogen (secondary N) is 2. The fraction of sp³-hybridized carbons (Fsp3) is 0.357. The number of benzene rings is 1. The minimum atomic E-state index is 0.523. The van der Waals surface area contributed by atoms with Crippen LogP contribution >= 0.6 is 0 Å². The summed E-state index contributed by atoms with van der Waals surface area (Å²) in [6, 6.07) is 8.82. The summed E-state index contributed by atoms with van der Waals surface area (Å²) in [6.07, 6.45) is 5.12. The van der Waals surface area contributed by atoms with Crippen molar-refractivity contribution in [1.29, 1.82) is 0 Å². The van der Waals surface area contributed by atoms with Crippen LogP contribution in [0.15, 0.2) is 30.5 Å². The number of rotatable bonds is 5. The van der Waals surface area contributed by atoms with E-state index in [0.717, 1.165) is 17.9 Å². The Kier molecular flexibility index (Phi) is 3.27. The van der Waals surface area contributed by atoms with E-state index in [4.69, 9.17) is 0 Å². The molecule has 0 radical (unpaired) electrons. The normalized spacial score (nSPS) is 14.2. The Morgan fingerprint density at radius 2 is 2.00 bits per heavy atom. The van der Waals surface area contributed by atoms with Gasteiger partial charge in [-0.25, -0.2) is 0 Å². The molecule has 19 heavy (non-hydrogen) atoms. The molecule has 1 aliphatic carbocycles. The molecule has 1 aromatic heterocycles. The topological polar surface area (TPSA) is 62.7 Å². The highest BCUT2D eigenvalue weighted by atomic mass is 15.3. The lowest BCUT2D eigenvalue weighted by atomic mass is 10.1. The Morgan fingerprint density at radius 3 is 2.68 bits per heavy atom. The molecule has 3 rings (SSSR count). The number of hydrogen-bond acceptors (Lipinski definition) is 5. The first kappa shape index (κ1) is 11.9. The fourth-order valence-corrected chi connectivity index (χ4v) is 1.82. The molecule has 2 N–H and O–H groups in total. The zero-order valence-electron chi connectivity index (χ0n) is 10.9. The van der Waals surface area contributed by atoms with Crippen molar-refractivity contribution in [3.05, 3.63) is 36.0 Å². The Morgan fingerprint density at radius 1 is 1.21 bits per heavy atom. The van der Waals surface area contributed by atoms with E-state index in [1.54, 1.807) is 6.20 Å². The second-order valence-electron chi connectivity index (χ2n) is 4.76. The molecule has 5 heteroatoms. The highest BCUT2D eigenvalue weighted by molar-refractivity contribution is 5.54. The molecule has 0 aliphatic heterocycles. The summed E-state index contributed by atoms with van der Waals surface area (Å²) in [6.45, 7) is 2.14. The molecule has 0 bridgehead atoms. The summed E-state index contributed by atoms with van der Waals surface area (Å²) < 4.78 is 0. The van der Waals surface area contributed by atoms with Gasteiger partial charge >= 0.3 is 0 Å². The van der Waals surface area contributed by atoms with Gasteiger partial charge in [-0.05, 0) is 37.0 Å². The van der Waals surface area contributed by atoms with Crippen molar-refractivity contribution in [2.75, 3.05) is 10.6 Å². The summed E-state index contributed by atoms with van der Waals surface area (Å²) >= 11 is 0. The average Bonchev–Trinajstić information content (AvgIpc) is 3.24. The zero-order chi connectivity index (χ0) is 13.1. The number of nitrogens with zero attached hydrogens (tertiary/aromatic N) is 3. The highest BCUT2D eigenvalue weighted by Gasteiger charge is 2.21. The van der Waals surface area contributed by atoms with Gasteiger partial charge in [0.25, 0.3) is 0 Å². The third kappa shape index (κ3) is 3.19. The van der Waals surface area contributed by atoms with Crippen molar-refractivity contribution in [3.63, 3.8) is 0 Å². The Bertz CT molecular complexity index is 548. The quantitative estimate of drug-likeness (QED) is 0.860. The van der Waals surface area contributed by atoms with Gasteiger partial charge in [0.2, 0.25) is 5.95 Å². The van der Waals surface area contributed by atoms with Gasteiger partial charge in [-0.1, -0.05) is 19.1 Å². The SMILES string of the molecule is CCc1ccc(Nc2nncc(NC3CC3)n2)cc1.